The lowest BCUT2D eigenvalue weighted by molar-refractivity contribution is -0.143. The Morgan fingerprint density at radius 1 is 1.08 bits per heavy atom. The highest BCUT2D eigenvalue weighted by molar-refractivity contribution is 5.87. The van der Waals surface area contributed by atoms with Crippen LogP contribution in [0.5, 0.6) is 0 Å². The molecule has 0 fully saturated rings. The average molecular weight is 361 g/mol. The maximum Gasteiger partial charge on any atom is 0.407 e. The maximum atomic E-state index is 12.1. The van der Waals surface area contributed by atoms with Crippen molar-refractivity contribution < 1.29 is 29.0 Å². The van der Waals surface area contributed by atoms with Gasteiger partial charge in [-0.1, -0.05) is 0 Å². The summed E-state index contributed by atoms with van der Waals surface area (Å²) < 4.78 is 10.6. The van der Waals surface area contributed by atoms with Crippen molar-refractivity contribution in [2.45, 2.75) is 77.9 Å². The van der Waals surface area contributed by atoms with Gasteiger partial charge in [-0.3, -0.25) is 4.79 Å². The van der Waals surface area contributed by atoms with E-state index in [4.69, 9.17) is 15.2 Å². The predicted molar refractivity (Wildman–Crippen MR) is 92.1 cm³/mol. The van der Waals surface area contributed by atoms with Gasteiger partial charge in [0.25, 0.3) is 0 Å². The number of hydrogen-bond donors (Lipinski definition) is 4. The molecule has 146 valence electrons. The van der Waals surface area contributed by atoms with Crippen molar-refractivity contribution in [3.63, 3.8) is 0 Å². The number of amides is 2. The third-order valence-electron chi connectivity index (χ3n) is 2.81. The molecule has 0 saturated heterocycles. The molecule has 0 aliphatic rings. The Morgan fingerprint density at radius 2 is 1.60 bits per heavy atom. The summed E-state index contributed by atoms with van der Waals surface area (Å²) in [5.74, 6) is -1.99. The standard InChI is InChI=1S/C16H31N3O6/c1-9(24-15(2,3)4)11(17)12(20)19-10(13(21)22)8-18-14(23)25-16(5,6)7/h9-11H,8,17H2,1-7H3,(H,18,23)(H,19,20)(H,21,22)/t9-,10+,11+/m1/s1. The SMILES string of the molecule is C[C@@H](OC(C)(C)C)[C@H](N)C(=O)N[C@@H](CNC(=O)OC(C)(C)C)C(=O)O. The number of rotatable bonds is 7. The molecule has 0 saturated carbocycles. The predicted octanol–water partition coefficient (Wildman–Crippen LogP) is 0.611. The van der Waals surface area contributed by atoms with Crippen molar-refractivity contribution in [1.29, 1.82) is 0 Å². The monoisotopic (exact) mass is 361 g/mol. The highest BCUT2D eigenvalue weighted by Crippen LogP contribution is 2.12. The number of carbonyl (C=O) groups is 3. The lowest BCUT2D eigenvalue weighted by Gasteiger charge is -2.29. The normalized spacial score (nSPS) is 15.7. The largest absolute Gasteiger partial charge is 0.480 e. The van der Waals surface area contributed by atoms with E-state index in [2.05, 4.69) is 10.6 Å². The van der Waals surface area contributed by atoms with E-state index in [0.717, 1.165) is 0 Å². The number of alkyl carbamates (subject to hydrolysis) is 1. The van der Waals surface area contributed by atoms with E-state index in [9.17, 15) is 19.5 Å². The molecule has 0 bridgehead atoms. The molecule has 9 heteroatoms. The first-order valence-corrected chi connectivity index (χ1v) is 8.06. The number of hydrogen-bond acceptors (Lipinski definition) is 6. The number of carboxylic acids is 1. The fraction of sp³-hybridized carbons (Fsp3) is 0.812. The zero-order valence-electron chi connectivity index (χ0n) is 16.0. The van der Waals surface area contributed by atoms with E-state index < -0.39 is 47.4 Å². The summed E-state index contributed by atoms with van der Waals surface area (Å²) in [6, 6.07) is -2.39. The summed E-state index contributed by atoms with van der Waals surface area (Å²) in [5, 5.41) is 13.8. The molecule has 0 aromatic heterocycles. The first kappa shape index (κ1) is 23.1. The summed E-state index contributed by atoms with van der Waals surface area (Å²) >= 11 is 0. The van der Waals surface area contributed by atoms with Gasteiger partial charge < -0.3 is 30.9 Å². The van der Waals surface area contributed by atoms with Crippen LogP contribution in [0.25, 0.3) is 0 Å². The molecule has 3 atom stereocenters. The average Bonchev–Trinajstić information content (AvgIpc) is 2.37. The zero-order valence-corrected chi connectivity index (χ0v) is 16.0. The van der Waals surface area contributed by atoms with Gasteiger partial charge in [-0.2, -0.15) is 0 Å². The van der Waals surface area contributed by atoms with Crippen LogP contribution in [-0.4, -0.2) is 59.0 Å². The number of ether oxygens (including phenoxy) is 2. The van der Waals surface area contributed by atoms with Gasteiger partial charge in [0.1, 0.15) is 17.7 Å². The Bertz CT molecular complexity index is 481. The van der Waals surface area contributed by atoms with Gasteiger partial charge in [-0.25, -0.2) is 9.59 Å². The molecule has 9 nitrogen and oxygen atoms in total. The third kappa shape index (κ3) is 10.6. The Balaban J connectivity index is 4.68. The lowest BCUT2D eigenvalue weighted by Crippen LogP contribution is -2.56. The second kappa shape index (κ2) is 9.00. The molecule has 0 heterocycles. The van der Waals surface area contributed by atoms with Crippen LogP contribution in [0.4, 0.5) is 4.79 Å². The first-order valence-electron chi connectivity index (χ1n) is 8.06. The minimum atomic E-state index is -1.34. The minimum Gasteiger partial charge on any atom is -0.480 e. The summed E-state index contributed by atoms with van der Waals surface area (Å²) in [4.78, 5) is 35.0. The van der Waals surface area contributed by atoms with Crippen LogP contribution in [0.1, 0.15) is 48.5 Å². The summed E-state index contributed by atoms with van der Waals surface area (Å²) in [7, 11) is 0. The lowest BCUT2D eigenvalue weighted by atomic mass is 10.1. The fourth-order valence-corrected chi connectivity index (χ4v) is 1.81. The molecule has 25 heavy (non-hydrogen) atoms. The fourth-order valence-electron chi connectivity index (χ4n) is 1.81. The molecule has 0 aliphatic carbocycles. The molecule has 5 N–H and O–H groups in total. The number of carbonyl (C=O) groups excluding carboxylic acids is 2. The van der Waals surface area contributed by atoms with Crippen LogP contribution in [0.15, 0.2) is 0 Å². The smallest absolute Gasteiger partial charge is 0.407 e. The van der Waals surface area contributed by atoms with Gasteiger partial charge >= 0.3 is 12.1 Å². The van der Waals surface area contributed by atoms with Gasteiger partial charge in [0, 0.05) is 0 Å². The van der Waals surface area contributed by atoms with Gasteiger partial charge in [0.2, 0.25) is 5.91 Å². The third-order valence-corrected chi connectivity index (χ3v) is 2.81. The quantitative estimate of drug-likeness (QED) is 0.521. The van der Waals surface area contributed by atoms with E-state index in [1.807, 2.05) is 20.8 Å². The van der Waals surface area contributed by atoms with Gasteiger partial charge in [-0.05, 0) is 48.5 Å². The van der Waals surface area contributed by atoms with Crippen LogP contribution in [0.3, 0.4) is 0 Å². The second-order valence-electron chi connectivity index (χ2n) is 7.74. The van der Waals surface area contributed by atoms with Crippen LogP contribution < -0.4 is 16.4 Å². The molecule has 0 aliphatic heterocycles. The summed E-state index contributed by atoms with van der Waals surface area (Å²) in [6.45, 7) is 11.8. The molecule has 0 spiro atoms. The molecule has 2 amide bonds. The zero-order chi connectivity index (χ0) is 20.0. The van der Waals surface area contributed by atoms with E-state index >= 15 is 0 Å². The van der Waals surface area contributed by atoms with Crippen LogP contribution in [0, 0.1) is 0 Å². The Labute approximate surface area is 148 Å². The molecule has 0 unspecified atom stereocenters. The Hall–Kier alpha value is -1.87. The van der Waals surface area contributed by atoms with Crippen LogP contribution in [0.2, 0.25) is 0 Å². The maximum absolute atomic E-state index is 12.1. The van der Waals surface area contributed by atoms with Gasteiger partial charge in [0.15, 0.2) is 0 Å². The van der Waals surface area contributed by atoms with Crippen molar-refractivity contribution >= 4 is 18.0 Å². The second-order valence-corrected chi connectivity index (χ2v) is 7.74. The number of nitrogens with one attached hydrogen (secondary N) is 2. The highest BCUT2D eigenvalue weighted by atomic mass is 16.6. The Morgan fingerprint density at radius 3 is 2.00 bits per heavy atom. The van der Waals surface area contributed by atoms with Crippen LogP contribution >= 0.6 is 0 Å². The first-order chi connectivity index (χ1) is 11.1. The highest BCUT2D eigenvalue weighted by Gasteiger charge is 2.29. The molecular formula is C16H31N3O6. The number of nitrogens with two attached hydrogens (primary N) is 1. The summed E-state index contributed by atoms with van der Waals surface area (Å²) in [6.07, 6.45) is -1.39. The van der Waals surface area contributed by atoms with E-state index in [-0.39, 0.29) is 6.54 Å². The molecule has 0 rings (SSSR count). The number of aliphatic carboxylic acids is 1. The number of carboxylic acid groups (broad SMARTS) is 1. The van der Waals surface area contributed by atoms with E-state index in [1.54, 1.807) is 27.7 Å². The van der Waals surface area contributed by atoms with E-state index in [0.29, 0.717) is 0 Å². The molecule has 0 radical (unpaired) electrons. The van der Waals surface area contributed by atoms with E-state index in [1.165, 1.54) is 0 Å². The van der Waals surface area contributed by atoms with Crippen molar-refractivity contribution in [2.24, 2.45) is 5.73 Å². The van der Waals surface area contributed by atoms with Gasteiger partial charge in [0.05, 0.1) is 18.2 Å². The topological polar surface area (TPSA) is 140 Å². The van der Waals surface area contributed by atoms with Gasteiger partial charge in [-0.15, -0.1) is 0 Å². The van der Waals surface area contributed by atoms with Crippen LogP contribution in [-0.2, 0) is 19.1 Å². The molecule has 0 aromatic carbocycles. The van der Waals surface area contributed by atoms with Crippen molar-refractivity contribution in [3.05, 3.63) is 0 Å². The summed E-state index contributed by atoms with van der Waals surface area (Å²) in [5.41, 5.74) is 4.60. The minimum absolute atomic E-state index is 0.336. The molecule has 0 aromatic rings. The van der Waals surface area contributed by atoms with Crippen molar-refractivity contribution in [1.82, 2.24) is 10.6 Å². The van der Waals surface area contributed by atoms with Crippen molar-refractivity contribution in [3.8, 4) is 0 Å². The molecular weight excluding hydrogens is 330 g/mol. The van der Waals surface area contributed by atoms with Crippen molar-refractivity contribution in [2.75, 3.05) is 6.54 Å². The Kier molecular flexibility index (Phi) is 8.33.